The van der Waals surface area contributed by atoms with Gasteiger partial charge in [0.1, 0.15) is 9.28 Å². The third kappa shape index (κ3) is 4.00. The summed E-state index contributed by atoms with van der Waals surface area (Å²) in [6.07, 6.45) is 0. The van der Waals surface area contributed by atoms with Gasteiger partial charge in [0.15, 0.2) is 0 Å². The zero-order chi connectivity index (χ0) is 13.7. The first kappa shape index (κ1) is 14.4. The van der Waals surface area contributed by atoms with Crippen LogP contribution in [0.1, 0.15) is 16.4 Å². The molecule has 0 aromatic heterocycles. The number of methoxy groups -OCH3 is 1. The van der Waals surface area contributed by atoms with Crippen LogP contribution in [-0.2, 0) is 0 Å². The van der Waals surface area contributed by atoms with Crippen molar-refractivity contribution in [2.45, 2.75) is 5.25 Å². The maximum absolute atomic E-state index is 5.19. The van der Waals surface area contributed by atoms with E-state index in [4.69, 9.17) is 17.0 Å². The quantitative estimate of drug-likeness (QED) is 0.646. The van der Waals surface area contributed by atoms with E-state index in [1.54, 1.807) is 18.9 Å². The lowest BCUT2D eigenvalue weighted by atomic mass is 10.0. The number of thiol groups is 1. The summed E-state index contributed by atoms with van der Waals surface area (Å²) in [4.78, 5) is 0. The molecular formula is C15H14OS3. The number of ether oxygens (including phenoxy) is 1. The number of thioether (sulfide) groups is 1. The Bertz CT molecular complexity index is 537. The number of thiocarbonyl (C=S) groups is 1. The van der Waals surface area contributed by atoms with Crippen LogP contribution in [0, 0.1) is 0 Å². The number of benzene rings is 2. The van der Waals surface area contributed by atoms with Crippen molar-refractivity contribution >= 4 is 40.1 Å². The smallest absolute Gasteiger partial charge is 0.118 e. The first-order valence-electron chi connectivity index (χ1n) is 5.79. The van der Waals surface area contributed by atoms with Gasteiger partial charge in [0.25, 0.3) is 0 Å². The molecule has 0 saturated heterocycles. The Morgan fingerprint density at radius 2 is 1.63 bits per heavy atom. The molecule has 2 rings (SSSR count). The lowest BCUT2D eigenvalue weighted by Crippen LogP contribution is -1.98. The van der Waals surface area contributed by atoms with E-state index in [9.17, 15) is 0 Å². The molecule has 98 valence electrons. The highest BCUT2D eigenvalue weighted by atomic mass is 32.2. The van der Waals surface area contributed by atoms with Crippen LogP contribution in [-0.4, -0.2) is 10.6 Å². The van der Waals surface area contributed by atoms with E-state index < -0.39 is 0 Å². The molecule has 1 nitrogen and oxygen atoms in total. The minimum Gasteiger partial charge on any atom is -0.497 e. The van der Waals surface area contributed by atoms with Crippen molar-refractivity contribution in [3.63, 3.8) is 0 Å². The van der Waals surface area contributed by atoms with Crippen molar-refractivity contribution in [2.75, 3.05) is 7.11 Å². The fourth-order valence-corrected chi connectivity index (χ4v) is 3.23. The van der Waals surface area contributed by atoms with Gasteiger partial charge >= 0.3 is 0 Å². The lowest BCUT2D eigenvalue weighted by molar-refractivity contribution is 0.414. The molecule has 0 bridgehead atoms. The molecule has 4 heteroatoms. The van der Waals surface area contributed by atoms with Crippen molar-refractivity contribution < 1.29 is 4.74 Å². The summed E-state index contributed by atoms with van der Waals surface area (Å²) in [6, 6.07) is 18.4. The fraction of sp³-hybridized carbons (Fsp3) is 0.133. The van der Waals surface area contributed by atoms with Crippen molar-refractivity contribution in [1.82, 2.24) is 0 Å². The second-order valence-electron chi connectivity index (χ2n) is 3.95. The maximum atomic E-state index is 5.19. The highest BCUT2D eigenvalue weighted by Gasteiger charge is 2.15. The normalized spacial score (nSPS) is 11.9. The molecule has 0 amide bonds. The van der Waals surface area contributed by atoms with Gasteiger partial charge in [0.05, 0.1) is 12.4 Å². The molecule has 19 heavy (non-hydrogen) atoms. The fourth-order valence-electron chi connectivity index (χ4n) is 1.84. The molecule has 0 heterocycles. The van der Waals surface area contributed by atoms with Gasteiger partial charge in [-0.2, -0.15) is 0 Å². The van der Waals surface area contributed by atoms with E-state index >= 15 is 0 Å². The average Bonchev–Trinajstić information content (AvgIpc) is 2.46. The zero-order valence-electron chi connectivity index (χ0n) is 10.4. The van der Waals surface area contributed by atoms with Gasteiger partial charge in [-0.05, 0) is 23.3 Å². The predicted octanol–water partition coefficient (Wildman–Crippen LogP) is 4.73. The average molecular weight is 306 g/mol. The highest BCUT2D eigenvalue weighted by Crippen LogP contribution is 2.37. The summed E-state index contributed by atoms with van der Waals surface area (Å²) in [5, 5.41) is 0.164. The Morgan fingerprint density at radius 3 is 2.16 bits per heavy atom. The summed E-state index contributed by atoms with van der Waals surface area (Å²) in [5.41, 5.74) is 2.41. The Labute approximate surface area is 128 Å². The van der Waals surface area contributed by atoms with E-state index in [0.717, 1.165) is 5.75 Å². The molecule has 0 aliphatic carbocycles. The molecule has 0 fully saturated rings. The zero-order valence-corrected chi connectivity index (χ0v) is 13.0. The summed E-state index contributed by atoms with van der Waals surface area (Å²) >= 11 is 10.9. The van der Waals surface area contributed by atoms with E-state index in [1.807, 2.05) is 30.3 Å². The maximum Gasteiger partial charge on any atom is 0.118 e. The SMILES string of the molecule is COc1ccc(C(SC(=S)S)c2ccccc2)cc1. The molecule has 2 aromatic carbocycles. The van der Waals surface area contributed by atoms with Gasteiger partial charge in [-0.15, -0.1) is 12.6 Å². The van der Waals surface area contributed by atoms with Crippen LogP contribution in [0.15, 0.2) is 54.6 Å². The van der Waals surface area contributed by atoms with Crippen molar-refractivity contribution in [3.8, 4) is 5.75 Å². The van der Waals surface area contributed by atoms with Gasteiger partial charge in [0.2, 0.25) is 0 Å². The van der Waals surface area contributed by atoms with Crippen molar-refractivity contribution in [2.24, 2.45) is 0 Å². The second kappa shape index (κ2) is 6.98. The van der Waals surface area contributed by atoms with Crippen LogP contribution in [0.25, 0.3) is 0 Å². The Kier molecular flexibility index (Phi) is 5.31. The largest absolute Gasteiger partial charge is 0.497 e. The van der Waals surface area contributed by atoms with Gasteiger partial charge < -0.3 is 4.74 Å². The first-order chi connectivity index (χ1) is 9.20. The summed E-state index contributed by atoms with van der Waals surface area (Å²) in [6.45, 7) is 0. The molecule has 0 N–H and O–H groups in total. The number of rotatable bonds is 4. The van der Waals surface area contributed by atoms with Crippen LogP contribution >= 0.6 is 36.6 Å². The Hall–Kier alpha value is -0.970. The first-order valence-corrected chi connectivity index (χ1v) is 7.52. The van der Waals surface area contributed by atoms with E-state index in [1.165, 1.54) is 11.1 Å². The van der Waals surface area contributed by atoms with Gasteiger partial charge in [-0.1, -0.05) is 66.4 Å². The molecule has 0 aliphatic rings. The van der Waals surface area contributed by atoms with Gasteiger partial charge in [-0.25, -0.2) is 0 Å². The summed E-state index contributed by atoms with van der Waals surface area (Å²) in [7, 11) is 1.67. The lowest BCUT2D eigenvalue weighted by Gasteiger charge is -2.17. The van der Waals surface area contributed by atoms with E-state index in [0.29, 0.717) is 3.53 Å². The third-order valence-electron chi connectivity index (χ3n) is 2.74. The van der Waals surface area contributed by atoms with Crippen molar-refractivity contribution in [3.05, 3.63) is 65.7 Å². The highest BCUT2D eigenvalue weighted by molar-refractivity contribution is 8.41. The number of hydrogen-bond donors (Lipinski definition) is 1. The Balaban J connectivity index is 2.34. The van der Waals surface area contributed by atoms with Crippen LogP contribution in [0.5, 0.6) is 5.75 Å². The molecule has 1 atom stereocenters. The van der Waals surface area contributed by atoms with Gasteiger partial charge in [-0.3, -0.25) is 0 Å². The van der Waals surface area contributed by atoms with Crippen LogP contribution in [0.2, 0.25) is 0 Å². The van der Waals surface area contributed by atoms with E-state index in [-0.39, 0.29) is 5.25 Å². The monoisotopic (exact) mass is 306 g/mol. The molecule has 0 spiro atoms. The molecule has 0 aliphatic heterocycles. The molecule has 1 unspecified atom stereocenters. The predicted molar refractivity (Wildman–Crippen MR) is 90.5 cm³/mol. The summed E-state index contributed by atoms with van der Waals surface area (Å²) < 4.78 is 5.83. The molecular weight excluding hydrogens is 292 g/mol. The van der Waals surface area contributed by atoms with E-state index in [2.05, 4.69) is 36.9 Å². The Morgan fingerprint density at radius 1 is 1.05 bits per heavy atom. The van der Waals surface area contributed by atoms with Crippen LogP contribution in [0.4, 0.5) is 0 Å². The second-order valence-corrected chi connectivity index (χ2v) is 6.78. The van der Waals surface area contributed by atoms with Crippen LogP contribution in [0.3, 0.4) is 0 Å². The minimum atomic E-state index is 0.164. The molecule has 0 saturated carbocycles. The number of hydrogen-bond acceptors (Lipinski definition) is 3. The van der Waals surface area contributed by atoms with Gasteiger partial charge in [0, 0.05) is 0 Å². The third-order valence-corrected chi connectivity index (χ3v) is 4.33. The van der Waals surface area contributed by atoms with Crippen molar-refractivity contribution in [1.29, 1.82) is 0 Å². The topological polar surface area (TPSA) is 9.23 Å². The van der Waals surface area contributed by atoms with Crippen LogP contribution < -0.4 is 4.74 Å². The standard InChI is InChI=1S/C15H14OS3/c1-16-13-9-7-12(8-10-13)14(19-15(17)18)11-5-3-2-4-6-11/h2-10,14H,1H3,(H,17,18). The minimum absolute atomic E-state index is 0.164. The molecule has 0 radical (unpaired) electrons. The summed E-state index contributed by atoms with van der Waals surface area (Å²) in [5.74, 6) is 0.856. The molecule has 2 aromatic rings.